The Morgan fingerprint density at radius 1 is 0.450 bits per heavy atom. The van der Waals surface area contributed by atoms with Crippen LogP contribution < -0.4 is 0 Å². The number of nitrogens with zero attached hydrogens (tertiary/aromatic N) is 2. The maximum atomic E-state index is 3.15. The van der Waals surface area contributed by atoms with Gasteiger partial charge in [-0.05, 0) is 91.9 Å². The van der Waals surface area contributed by atoms with Crippen LogP contribution in [0.2, 0.25) is 0 Å². The van der Waals surface area contributed by atoms with Crippen LogP contribution in [0, 0.1) is 17.5 Å². The largest absolute Gasteiger partial charge is 0.307 e. The van der Waals surface area contributed by atoms with Crippen molar-refractivity contribution in [2.24, 2.45) is 5.41 Å². The summed E-state index contributed by atoms with van der Waals surface area (Å²) in [6.45, 7) is 42.0. The van der Waals surface area contributed by atoms with E-state index < -0.39 is 0 Å². The fourth-order valence-corrected chi connectivity index (χ4v) is 4.68. The standard InChI is InChI=1S/C20H16.C12H8.2C5H13N.C5H12.5C2H6.Y/c1-2-6-15(7-3-1)12-16-10-11-18-14-17-8-4-5-9-19(17)20(18)13-16;1-3-7-11(8-4-1)12-9-5-2-6-10-12;2*1-4-6(3)5-2;1-5(2,3)4;5*1-2;/h1-11,13H,12,14H2;1-7,9H;2*4-5H2,1-3H3;1-4H3;5*1-2H3;/q;-2;;;;;;;;;. The van der Waals surface area contributed by atoms with E-state index in [0.29, 0.717) is 5.41 Å². The van der Waals surface area contributed by atoms with Crippen LogP contribution in [0.5, 0.6) is 0 Å². The summed E-state index contributed by atoms with van der Waals surface area (Å²) in [5.74, 6) is 0. The zero-order valence-corrected chi connectivity index (χ0v) is 45.6. The molecule has 0 saturated carbocycles. The minimum atomic E-state index is 0. The molecule has 1 aliphatic rings. The van der Waals surface area contributed by atoms with Crippen molar-refractivity contribution < 1.29 is 32.7 Å². The summed E-state index contributed by atoms with van der Waals surface area (Å²) in [6.07, 6.45) is 2.09. The molecule has 5 aromatic rings. The molecule has 0 atom stereocenters. The van der Waals surface area contributed by atoms with Gasteiger partial charge in [-0.2, -0.15) is 48.5 Å². The molecule has 0 spiro atoms. The minimum Gasteiger partial charge on any atom is -0.307 e. The number of benzene rings is 5. The molecule has 2 nitrogen and oxygen atoms in total. The predicted octanol–water partition coefficient (Wildman–Crippen LogP) is 16.9. The van der Waals surface area contributed by atoms with Crippen LogP contribution in [0.25, 0.3) is 22.3 Å². The van der Waals surface area contributed by atoms with Crippen molar-refractivity contribution in [3.8, 4) is 22.3 Å². The van der Waals surface area contributed by atoms with Gasteiger partial charge in [-0.3, -0.25) is 0 Å². The van der Waals surface area contributed by atoms with E-state index in [1.54, 1.807) is 0 Å². The SMILES string of the molecule is CC.CC.CC.CC.CC.CC(C)(C)C.CCN(C)CC.CCN(C)CC.[Y].[c-]1ccccc1-c1[c-]cccc1.c1ccc(Cc2ccc3c(c2)-c2ccccc2C3)cc1. The third-order valence-electron chi connectivity index (χ3n) is 7.98. The molecule has 6 rings (SSSR count). The van der Waals surface area contributed by atoms with Gasteiger partial charge in [0.15, 0.2) is 0 Å². The summed E-state index contributed by atoms with van der Waals surface area (Å²) in [7, 11) is 4.22. The molecule has 0 fully saturated rings. The van der Waals surface area contributed by atoms with E-state index in [1.807, 2.05) is 118 Å². The van der Waals surface area contributed by atoms with Crippen LogP contribution in [0.15, 0.2) is 121 Å². The molecule has 1 aliphatic carbocycles. The first-order valence-corrected chi connectivity index (χ1v) is 23.0. The maximum Gasteiger partial charge on any atom is 0 e. The normalized spacial score (nSPS) is 9.43. The zero-order valence-electron chi connectivity index (χ0n) is 42.8. The molecule has 0 unspecified atom stereocenters. The van der Waals surface area contributed by atoms with Gasteiger partial charge in [0.1, 0.15) is 0 Å². The van der Waals surface area contributed by atoms with Crippen LogP contribution in [0.1, 0.15) is 147 Å². The molecular weight excluding hydrogens is 802 g/mol. The third-order valence-corrected chi connectivity index (χ3v) is 7.98. The molecule has 0 amide bonds. The number of fused-ring (bicyclic) bond motifs is 3. The molecule has 5 aromatic carbocycles. The minimum absolute atomic E-state index is 0. The topological polar surface area (TPSA) is 6.48 Å². The van der Waals surface area contributed by atoms with Crippen molar-refractivity contribution in [2.45, 2.75) is 137 Å². The first-order chi connectivity index (χ1) is 28.5. The molecule has 0 N–H and O–H groups in total. The van der Waals surface area contributed by atoms with Crippen LogP contribution in [0.3, 0.4) is 0 Å². The van der Waals surface area contributed by atoms with Gasteiger partial charge in [-0.25, -0.2) is 11.1 Å². The fourth-order valence-electron chi connectivity index (χ4n) is 4.68. The summed E-state index contributed by atoms with van der Waals surface area (Å²) in [4.78, 5) is 4.50. The number of rotatable bonds is 7. The van der Waals surface area contributed by atoms with E-state index >= 15 is 0 Å². The van der Waals surface area contributed by atoms with Gasteiger partial charge >= 0.3 is 0 Å². The molecule has 3 heteroatoms. The first-order valence-electron chi connectivity index (χ1n) is 23.0. The summed E-state index contributed by atoms with van der Waals surface area (Å²) >= 11 is 0. The molecular formula is C57H92N2Y-2. The molecule has 0 heterocycles. The second kappa shape index (κ2) is 45.6. The summed E-state index contributed by atoms with van der Waals surface area (Å²) in [5, 5.41) is 0. The van der Waals surface area contributed by atoms with Crippen LogP contribution in [-0.2, 0) is 45.6 Å². The van der Waals surface area contributed by atoms with Gasteiger partial charge in [0.2, 0.25) is 0 Å². The van der Waals surface area contributed by atoms with E-state index in [-0.39, 0.29) is 32.7 Å². The third kappa shape index (κ3) is 33.8. The quantitative estimate of drug-likeness (QED) is 0.147. The van der Waals surface area contributed by atoms with Gasteiger partial charge in [-0.15, -0.1) is 12.1 Å². The van der Waals surface area contributed by atoms with Crippen molar-refractivity contribution in [2.75, 3.05) is 40.3 Å². The van der Waals surface area contributed by atoms with Crippen molar-refractivity contribution in [1.29, 1.82) is 0 Å². The van der Waals surface area contributed by atoms with E-state index in [1.165, 1.54) is 33.4 Å². The smallest absolute Gasteiger partial charge is 0 e. The summed E-state index contributed by atoms with van der Waals surface area (Å²) in [5.41, 5.74) is 11.2. The predicted molar refractivity (Wildman–Crippen MR) is 273 cm³/mol. The van der Waals surface area contributed by atoms with Gasteiger partial charge < -0.3 is 9.80 Å². The summed E-state index contributed by atoms with van der Waals surface area (Å²) in [6, 6.07) is 48.5. The average Bonchev–Trinajstić information content (AvgIpc) is 3.68. The zero-order chi connectivity index (χ0) is 46.1. The Hall–Kier alpha value is -2.88. The molecule has 0 bridgehead atoms. The molecule has 60 heavy (non-hydrogen) atoms. The Bertz CT molecular complexity index is 1500. The van der Waals surface area contributed by atoms with E-state index in [2.05, 4.69) is 164 Å². The maximum absolute atomic E-state index is 3.15. The van der Waals surface area contributed by atoms with Gasteiger partial charge in [0.25, 0.3) is 0 Å². The van der Waals surface area contributed by atoms with E-state index in [0.717, 1.165) is 50.1 Å². The Kier molecular flexibility index (Phi) is 50.4. The van der Waals surface area contributed by atoms with Gasteiger partial charge in [-0.1, -0.05) is 197 Å². The average molecular weight is 894 g/mol. The Morgan fingerprint density at radius 2 is 0.817 bits per heavy atom. The molecule has 0 aromatic heterocycles. The van der Waals surface area contributed by atoms with E-state index in [4.69, 9.17) is 0 Å². The van der Waals surface area contributed by atoms with Gasteiger partial charge in [0, 0.05) is 32.7 Å². The summed E-state index contributed by atoms with van der Waals surface area (Å²) < 4.78 is 0. The van der Waals surface area contributed by atoms with Crippen molar-refractivity contribution in [1.82, 2.24) is 9.80 Å². The Morgan fingerprint density at radius 3 is 1.18 bits per heavy atom. The second-order valence-electron chi connectivity index (χ2n) is 14.0. The molecule has 335 valence electrons. The Labute approximate surface area is 400 Å². The molecule has 0 aliphatic heterocycles. The first kappa shape index (κ1) is 66.2. The number of hydrogen-bond acceptors (Lipinski definition) is 2. The van der Waals surface area contributed by atoms with Crippen molar-refractivity contribution in [3.63, 3.8) is 0 Å². The van der Waals surface area contributed by atoms with Crippen LogP contribution in [-0.4, -0.2) is 50.1 Å². The van der Waals surface area contributed by atoms with Crippen molar-refractivity contribution in [3.05, 3.63) is 156 Å². The van der Waals surface area contributed by atoms with E-state index in [9.17, 15) is 0 Å². The fraction of sp³-hybridized carbons (Fsp3) is 0.474. The van der Waals surface area contributed by atoms with Crippen molar-refractivity contribution >= 4 is 0 Å². The number of hydrogen-bond donors (Lipinski definition) is 0. The van der Waals surface area contributed by atoms with Crippen LogP contribution >= 0.6 is 0 Å². The molecule has 1 radical (unpaired) electrons. The van der Waals surface area contributed by atoms with Gasteiger partial charge in [0.05, 0.1) is 0 Å². The molecule has 0 saturated heterocycles. The second-order valence-corrected chi connectivity index (χ2v) is 14.0. The monoisotopic (exact) mass is 894 g/mol. The Balaban J connectivity index is -0.000000218. The van der Waals surface area contributed by atoms with Crippen LogP contribution in [0.4, 0.5) is 0 Å².